The van der Waals surface area contributed by atoms with Gasteiger partial charge in [0.25, 0.3) is 0 Å². The quantitative estimate of drug-likeness (QED) is 0.452. The summed E-state index contributed by atoms with van der Waals surface area (Å²) in [6.45, 7) is 0. The van der Waals surface area contributed by atoms with Crippen LogP contribution >= 0.6 is 0 Å². The number of aliphatic hydroxyl groups is 3. The zero-order valence-electron chi connectivity index (χ0n) is 6.77. The number of aliphatic hydroxyl groups excluding tert-OH is 1. The summed E-state index contributed by atoms with van der Waals surface area (Å²) in [7, 11) is 0. The van der Waals surface area contributed by atoms with Crippen molar-refractivity contribution in [2.24, 2.45) is 0 Å². The maximum Gasteiger partial charge on any atom is 0.307 e. The Morgan fingerprint density at radius 3 is 2.69 bits per heavy atom. The summed E-state index contributed by atoms with van der Waals surface area (Å²) < 4.78 is 0. The highest BCUT2D eigenvalue weighted by Crippen LogP contribution is 2.27. The summed E-state index contributed by atoms with van der Waals surface area (Å²) in [5.74, 6) is -3.46. The van der Waals surface area contributed by atoms with Crippen molar-refractivity contribution in [2.75, 3.05) is 0 Å². The van der Waals surface area contributed by atoms with E-state index in [1.807, 2.05) is 0 Å². The third-order valence-electron chi connectivity index (χ3n) is 1.77. The first-order valence-corrected chi connectivity index (χ1v) is 3.68. The van der Waals surface area contributed by atoms with E-state index in [1.165, 1.54) is 6.08 Å². The molecular formula is C8H10O5. The minimum absolute atomic E-state index is 0.111. The molecule has 0 unspecified atom stereocenters. The van der Waals surface area contributed by atoms with Gasteiger partial charge in [0.05, 0.1) is 6.42 Å². The molecule has 0 fully saturated rings. The standard InChI is InChI=1S/C8H10O5/c9-6-1-2-8(12,13)5(3-6)4-7(10)11/h1,3,9,12-13H,2,4H2,(H,10,11). The van der Waals surface area contributed by atoms with E-state index in [4.69, 9.17) is 10.2 Å². The average molecular weight is 186 g/mol. The Morgan fingerprint density at radius 1 is 1.54 bits per heavy atom. The normalized spacial score (nSPS) is 20.5. The monoisotopic (exact) mass is 186 g/mol. The Hall–Kier alpha value is -1.33. The number of hydrogen-bond donors (Lipinski definition) is 4. The average Bonchev–Trinajstić information content (AvgIpc) is 1.97. The number of carboxylic acids is 1. The molecule has 0 saturated heterocycles. The van der Waals surface area contributed by atoms with Gasteiger partial charge in [-0.25, -0.2) is 0 Å². The number of allylic oxidation sites excluding steroid dienone is 1. The molecule has 1 aliphatic carbocycles. The Labute approximate surface area is 74.2 Å². The number of aliphatic carboxylic acids is 1. The molecule has 0 aromatic rings. The maximum absolute atomic E-state index is 10.3. The van der Waals surface area contributed by atoms with Gasteiger partial charge in [-0.15, -0.1) is 0 Å². The Kier molecular flexibility index (Phi) is 2.40. The van der Waals surface area contributed by atoms with Crippen LogP contribution in [0.25, 0.3) is 0 Å². The van der Waals surface area contributed by atoms with Crippen LogP contribution in [-0.4, -0.2) is 32.2 Å². The van der Waals surface area contributed by atoms with E-state index in [0.29, 0.717) is 0 Å². The predicted molar refractivity (Wildman–Crippen MR) is 42.8 cm³/mol. The Morgan fingerprint density at radius 2 is 2.15 bits per heavy atom. The van der Waals surface area contributed by atoms with E-state index in [1.54, 1.807) is 0 Å². The summed E-state index contributed by atoms with van der Waals surface area (Å²) in [4.78, 5) is 10.3. The number of rotatable bonds is 2. The van der Waals surface area contributed by atoms with Gasteiger partial charge in [0.2, 0.25) is 0 Å². The fraction of sp³-hybridized carbons (Fsp3) is 0.375. The van der Waals surface area contributed by atoms with Crippen molar-refractivity contribution < 1.29 is 25.2 Å². The van der Waals surface area contributed by atoms with Gasteiger partial charge in [-0.1, -0.05) is 0 Å². The molecule has 5 heteroatoms. The molecule has 4 N–H and O–H groups in total. The van der Waals surface area contributed by atoms with Crippen LogP contribution in [0.5, 0.6) is 0 Å². The van der Waals surface area contributed by atoms with Crippen molar-refractivity contribution in [3.8, 4) is 0 Å². The van der Waals surface area contributed by atoms with Crippen molar-refractivity contribution in [2.45, 2.75) is 18.6 Å². The molecule has 0 aromatic carbocycles. The highest BCUT2D eigenvalue weighted by molar-refractivity contribution is 5.71. The molecule has 0 saturated carbocycles. The van der Waals surface area contributed by atoms with E-state index >= 15 is 0 Å². The predicted octanol–water partition coefficient (Wildman–Crippen LogP) is -0.0860. The lowest BCUT2D eigenvalue weighted by atomic mass is 9.94. The number of hydrogen-bond acceptors (Lipinski definition) is 4. The van der Waals surface area contributed by atoms with Crippen LogP contribution in [-0.2, 0) is 4.79 Å². The lowest BCUT2D eigenvalue weighted by Crippen LogP contribution is -2.33. The first-order chi connectivity index (χ1) is 5.92. The van der Waals surface area contributed by atoms with Crippen molar-refractivity contribution in [3.63, 3.8) is 0 Å². The molecular weight excluding hydrogens is 176 g/mol. The van der Waals surface area contributed by atoms with Gasteiger partial charge in [0, 0.05) is 12.0 Å². The van der Waals surface area contributed by atoms with Crippen LogP contribution < -0.4 is 0 Å². The fourth-order valence-electron chi connectivity index (χ4n) is 1.09. The highest BCUT2D eigenvalue weighted by Gasteiger charge is 2.31. The largest absolute Gasteiger partial charge is 0.508 e. The van der Waals surface area contributed by atoms with Crippen molar-refractivity contribution in [1.82, 2.24) is 0 Å². The van der Waals surface area contributed by atoms with Gasteiger partial charge >= 0.3 is 5.97 Å². The van der Waals surface area contributed by atoms with Crippen molar-refractivity contribution in [3.05, 3.63) is 23.5 Å². The minimum Gasteiger partial charge on any atom is -0.508 e. The third kappa shape index (κ3) is 2.30. The van der Waals surface area contributed by atoms with Crippen LogP contribution in [0.1, 0.15) is 12.8 Å². The second kappa shape index (κ2) is 3.20. The molecule has 0 radical (unpaired) electrons. The number of carbonyl (C=O) groups is 1. The second-order valence-corrected chi connectivity index (χ2v) is 2.89. The van der Waals surface area contributed by atoms with Crippen LogP contribution in [0.2, 0.25) is 0 Å². The molecule has 0 bridgehead atoms. The molecule has 0 atom stereocenters. The summed E-state index contributed by atoms with van der Waals surface area (Å²) >= 11 is 0. The second-order valence-electron chi connectivity index (χ2n) is 2.89. The summed E-state index contributed by atoms with van der Waals surface area (Å²) in [6.07, 6.45) is 1.58. The van der Waals surface area contributed by atoms with E-state index in [-0.39, 0.29) is 17.8 Å². The molecule has 0 amide bonds. The highest BCUT2D eigenvalue weighted by atomic mass is 16.5. The first kappa shape index (κ1) is 9.76. The Balaban J connectivity index is 2.88. The van der Waals surface area contributed by atoms with Crippen LogP contribution in [0.4, 0.5) is 0 Å². The maximum atomic E-state index is 10.3. The van der Waals surface area contributed by atoms with E-state index in [9.17, 15) is 15.0 Å². The summed E-state index contributed by atoms with van der Waals surface area (Å²) in [5, 5.41) is 36.0. The van der Waals surface area contributed by atoms with Crippen molar-refractivity contribution >= 4 is 5.97 Å². The SMILES string of the molecule is O=C(O)CC1=CC(O)=CCC1(O)O. The topological polar surface area (TPSA) is 98.0 Å². The van der Waals surface area contributed by atoms with Gasteiger partial charge in [0.15, 0.2) is 5.79 Å². The lowest BCUT2D eigenvalue weighted by Gasteiger charge is -2.25. The number of carboxylic acid groups (broad SMARTS) is 1. The molecule has 1 aliphatic rings. The molecule has 72 valence electrons. The lowest BCUT2D eigenvalue weighted by molar-refractivity contribution is -0.145. The summed E-state index contributed by atoms with van der Waals surface area (Å²) in [5.41, 5.74) is -0.111. The van der Waals surface area contributed by atoms with Gasteiger partial charge in [-0.05, 0) is 12.2 Å². The van der Waals surface area contributed by atoms with Gasteiger partial charge in [-0.3, -0.25) is 4.79 Å². The van der Waals surface area contributed by atoms with Crippen LogP contribution in [0.3, 0.4) is 0 Å². The minimum atomic E-state index is -2.15. The molecule has 1 rings (SSSR count). The van der Waals surface area contributed by atoms with Gasteiger partial charge in [0.1, 0.15) is 5.76 Å². The first-order valence-electron chi connectivity index (χ1n) is 3.68. The van der Waals surface area contributed by atoms with E-state index in [0.717, 1.165) is 6.08 Å². The molecule has 0 heterocycles. The van der Waals surface area contributed by atoms with E-state index < -0.39 is 18.2 Å². The van der Waals surface area contributed by atoms with Crippen LogP contribution in [0.15, 0.2) is 23.5 Å². The third-order valence-corrected chi connectivity index (χ3v) is 1.77. The van der Waals surface area contributed by atoms with E-state index in [2.05, 4.69) is 0 Å². The molecule has 5 nitrogen and oxygen atoms in total. The zero-order chi connectivity index (χ0) is 10.1. The van der Waals surface area contributed by atoms with Gasteiger partial charge in [-0.2, -0.15) is 0 Å². The molecule has 0 aliphatic heterocycles. The Bertz CT molecular complexity index is 287. The smallest absolute Gasteiger partial charge is 0.307 e. The zero-order valence-corrected chi connectivity index (χ0v) is 6.77. The van der Waals surface area contributed by atoms with Crippen LogP contribution in [0, 0.1) is 0 Å². The van der Waals surface area contributed by atoms with Crippen molar-refractivity contribution in [1.29, 1.82) is 0 Å². The summed E-state index contributed by atoms with van der Waals surface area (Å²) in [6, 6.07) is 0. The molecule has 0 aromatic heterocycles. The fourth-order valence-corrected chi connectivity index (χ4v) is 1.09. The van der Waals surface area contributed by atoms with Gasteiger partial charge < -0.3 is 20.4 Å². The molecule has 0 spiro atoms. The molecule has 13 heavy (non-hydrogen) atoms.